The summed E-state index contributed by atoms with van der Waals surface area (Å²) in [4.78, 5) is 17.0. The first-order valence-corrected chi connectivity index (χ1v) is 10.3. The van der Waals surface area contributed by atoms with Crippen molar-refractivity contribution in [1.29, 1.82) is 0 Å². The lowest BCUT2D eigenvalue weighted by molar-refractivity contribution is -0.166. The normalized spacial score (nSPS) is 17.0. The molecule has 1 unspecified atom stereocenters. The van der Waals surface area contributed by atoms with Crippen molar-refractivity contribution in [3.05, 3.63) is 71.9 Å². The maximum absolute atomic E-state index is 13.1. The van der Waals surface area contributed by atoms with Crippen molar-refractivity contribution < 1.29 is 22.2 Å². The SMILES string of the molecule is CS(=O)(=NC(=O)c1ccc(C2(C(F)(F)F)N=N2)cc1)c1cccc2cccnc12. The predicted molar refractivity (Wildman–Crippen MR) is 99.9 cm³/mol. The fourth-order valence-corrected chi connectivity index (χ4v) is 4.31. The molecule has 0 spiro atoms. The Bertz CT molecular complexity index is 1270. The number of hydrogen-bond acceptors (Lipinski definition) is 5. The molecule has 0 saturated heterocycles. The zero-order valence-corrected chi connectivity index (χ0v) is 15.7. The van der Waals surface area contributed by atoms with Crippen LogP contribution in [0.25, 0.3) is 10.9 Å². The van der Waals surface area contributed by atoms with Gasteiger partial charge in [-0.15, -0.1) is 10.2 Å². The third-order valence-corrected chi connectivity index (χ3v) is 6.15. The highest BCUT2D eigenvalue weighted by molar-refractivity contribution is 7.93. The van der Waals surface area contributed by atoms with E-state index in [-0.39, 0.29) is 11.1 Å². The van der Waals surface area contributed by atoms with Gasteiger partial charge in [-0.25, -0.2) is 4.21 Å². The van der Waals surface area contributed by atoms with E-state index in [0.717, 1.165) is 17.5 Å². The summed E-state index contributed by atoms with van der Waals surface area (Å²) >= 11 is 0. The van der Waals surface area contributed by atoms with Crippen LogP contribution in [0.3, 0.4) is 0 Å². The van der Waals surface area contributed by atoms with Gasteiger partial charge in [-0.1, -0.05) is 30.3 Å². The summed E-state index contributed by atoms with van der Waals surface area (Å²) in [5, 5.41) is 6.98. The Labute approximate surface area is 163 Å². The van der Waals surface area contributed by atoms with Gasteiger partial charge < -0.3 is 0 Å². The fraction of sp³-hybridized carbons (Fsp3) is 0.158. The molecule has 1 aliphatic heterocycles. The maximum Gasteiger partial charge on any atom is 0.442 e. The molecular formula is C19H13F3N4O2S. The number of aromatic nitrogens is 1. The molecule has 0 radical (unpaired) electrons. The molecule has 0 aliphatic carbocycles. The first-order valence-electron chi connectivity index (χ1n) is 8.36. The number of carbonyl (C=O) groups excluding carboxylic acids is 1. The second kappa shape index (κ2) is 6.45. The monoisotopic (exact) mass is 418 g/mol. The van der Waals surface area contributed by atoms with Gasteiger partial charge in [0.2, 0.25) is 0 Å². The van der Waals surface area contributed by atoms with E-state index < -0.39 is 27.5 Å². The smallest absolute Gasteiger partial charge is 0.266 e. The lowest BCUT2D eigenvalue weighted by atomic mass is 10.0. The number of hydrogen-bond donors (Lipinski definition) is 0. The highest BCUT2D eigenvalue weighted by Crippen LogP contribution is 2.52. The number of halogens is 3. The average molecular weight is 418 g/mol. The summed E-state index contributed by atoms with van der Waals surface area (Å²) < 4.78 is 56.2. The van der Waals surface area contributed by atoms with Gasteiger partial charge in [-0.3, -0.25) is 9.78 Å². The van der Waals surface area contributed by atoms with Crippen LogP contribution in [0.4, 0.5) is 13.2 Å². The molecule has 1 aliphatic rings. The number of alkyl halides is 3. The molecule has 4 rings (SSSR count). The van der Waals surface area contributed by atoms with Gasteiger partial charge in [0, 0.05) is 29.0 Å². The molecule has 10 heteroatoms. The van der Waals surface area contributed by atoms with Gasteiger partial charge in [0.05, 0.1) is 20.1 Å². The minimum Gasteiger partial charge on any atom is -0.266 e. The van der Waals surface area contributed by atoms with Crippen LogP contribution in [0.2, 0.25) is 0 Å². The van der Waals surface area contributed by atoms with Gasteiger partial charge in [0.25, 0.3) is 5.91 Å². The van der Waals surface area contributed by atoms with Crippen LogP contribution in [0.5, 0.6) is 0 Å². The standard InChI is InChI=1S/C19H13F3N4O2S/c1-29(28,15-6-2-4-12-5-3-11-23-16(12)15)24-17(27)13-7-9-14(10-8-13)18(25-26-18)19(20,21)22/h2-11H,1H3. The number of carbonyl (C=O) groups is 1. The Balaban J connectivity index is 1.68. The van der Waals surface area contributed by atoms with E-state index >= 15 is 0 Å². The van der Waals surface area contributed by atoms with E-state index in [0.29, 0.717) is 10.4 Å². The first kappa shape index (κ1) is 19.2. The summed E-state index contributed by atoms with van der Waals surface area (Å²) in [5.41, 5.74) is -2.27. The number of para-hydroxylation sites is 1. The van der Waals surface area contributed by atoms with Gasteiger partial charge in [-0.05, 0) is 24.3 Å². The molecule has 0 N–H and O–H groups in total. The van der Waals surface area contributed by atoms with E-state index in [1.165, 1.54) is 18.4 Å². The summed E-state index contributed by atoms with van der Waals surface area (Å²) in [5.74, 6) is -0.803. The van der Waals surface area contributed by atoms with Crippen molar-refractivity contribution in [2.24, 2.45) is 14.6 Å². The van der Waals surface area contributed by atoms with Crippen LogP contribution < -0.4 is 0 Å². The molecule has 1 atom stereocenters. The van der Waals surface area contributed by atoms with E-state index in [4.69, 9.17) is 0 Å². The second-order valence-corrected chi connectivity index (χ2v) is 8.70. The molecule has 148 valence electrons. The molecule has 2 aromatic carbocycles. The van der Waals surface area contributed by atoms with Gasteiger partial charge in [-0.2, -0.15) is 17.5 Å². The van der Waals surface area contributed by atoms with Gasteiger partial charge in [0.15, 0.2) is 0 Å². The van der Waals surface area contributed by atoms with Crippen LogP contribution in [-0.4, -0.2) is 27.5 Å². The van der Waals surface area contributed by atoms with Crippen LogP contribution in [0.1, 0.15) is 15.9 Å². The van der Waals surface area contributed by atoms with Gasteiger partial charge >= 0.3 is 11.8 Å². The quantitative estimate of drug-likeness (QED) is 0.617. The van der Waals surface area contributed by atoms with E-state index in [2.05, 4.69) is 19.6 Å². The Morgan fingerprint density at radius 1 is 1.03 bits per heavy atom. The minimum atomic E-state index is -4.65. The predicted octanol–water partition coefficient (Wildman–Crippen LogP) is 4.71. The van der Waals surface area contributed by atoms with Crippen molar-refractivity contribution in [1.82, 2.24) is 4.98 Å². The minimum absolute atomic E-state index is 0.00879. The van der Waals surface area contributed by atoms with Crippen molar-refractivity contribution in [3.63, 3.8) is 0 Å². The van der Waals surface area contributed by atoms with E-state index in [9.17, 15) is 22.2 Å². The summed E-state index contributed by atoms with van der Waals surface area (Å²) in [7, 11) is -3.14. The highest BCUT2D eigenvalue weighted by Gasteiger charge is 2.65. The third-order valence-electron chi connectivity index (χ3n) is 4.49. The molecule has 2 heterocycles. The van der Waals surface area contributed by atoms with Crippen LogP contribution >= 0.6 is 0 Å². The van der Waals surface area contributed by atoms with E-state index in [1.54, 1.807) is 36.5 Å². The molecular weight excluding hydrogens is 405 g/mol. The lowest BCUT2D eigenvalue weighted by Crippen LogP contribution is -2.30. The average Bonchev–Trinajstić information content (AvgIpc) is 3.49. The molecule has 1 aromatic heterocycles. The number of nitrogens with zero attached hydrogens (tertiary/aromatic N) is 4. The number of benzene rings is 2. The number of fused-ring (bicyclic) bond motifs is 1. The summed E-state index contributed by atoms with van der Waals surface area (Å²) in [6.45, 7) is 0. The topological polar surface area (TPSA) is 84.1 Å². The van der Waals surface area contributed by atoms with Gasteiger partial charge in [0.1, 0.15) is 0 Å². The Kier molecular flexibility index (Phi) is 4.26. The van der Waals surface area contributed by atoms with Crippen LogP contribution in [0, 0.1) is 0 Å². The first-order chi connectivity index (χ1) is 13.6. The molecule has 0 saturated carbocycles. The molecule has 0 fully saturated rings. The van der Waals surface area contributed by atoms with Crippen molar-refractivity contribution in [2.75, 3.05) is 6.26 Å². The molecule has 0 bridgehead atoms. The van der Waals surface area contributed by atoms with Crippen LogP contribution in [0.15, 0.2) is 80.3 Å². The number of pyridine rings is 1. The molecule has 1 amide bonds. The zero-order valence-electron chi connectivity index (χ0n) is 14.9. The van der Waals surface area contributed by atoms with Crippen molar-refractivity contribution in [3.8, 4) is 0 Å². The lowest BCUT2D eigenvalue weighted by Gasteiger charge is -2.14. The fourth-order valence-electron chi connectivity index (χ4n) is 2.93. The Morgan fingerprint density at radius 3 is 2.31 bits per heavy atom. The molecule has 29 heavy (non-hydrogen) atoms. The van der Waals surface area contributed by atoms with Crippen molar-refractivity contribution >= 4 is 26.5 Å². The van der Waals surface area contributed by atoms with Crippen LogP contribution in [-0.2, 0) is 15.4 Å². The highest BCUT2D eigenvalue weighted by atomic mass is 32.2. The summed E-state index contributed by atoms with van der Waals surface area (Å²) in [6.07, 6.45) is -1.78. The Hall–Kier alpha value is -3.14. The number of amides is 1. The second-order valence-electron chi connectivity index (χ2n) is 6.48. The maximum atomic E-state index is 13.1. The Morgan fingerprint density at radius 2 is 1.69 bits per heavy atom. The van der Waals surface area contributed by atoms with Crippen molar-refractivity contribution in [2.45, 2.75) is 16.7 Å². The third kappa shape index (κ3) is 3.29. The molecule has 3 aromatic rings. The summed E-state index contributed by atoms with van der Waals surface area (Å²) in [6, 6.07) is 13.2. The zero-order chi connectivity index (χ0) is 20.9. The van der Waals surface area contributed by atoms with E-state index in [1.807, 2.05) is 0 Å². The number of rotatable bonds is 3. The molecule has 6 nitrogen and oxygen atoms in total. The largest absolute Gasteiger partial charge is 0.442 e.